The van der Waals surface area contributed by atoms with Gasteiger partial charge in [0.25, 0.3) is 0 Å². The molecule has 0 amide bonds. The molecule has 1 fully saturated rings. The molecule has 0 radical (unpaired) electrons. The van der Waals surface area contributed by atoms with Gasteiger partial charge < -0.3 is 4.74 Å². The van der Waals surface area contributed by atoms with Crippen LogP contribution in [-0.4, -0.2) is 12.7 Å². The zero-order chi connectivity index (χ0) is 9.52. The second-order valence-corrected chi connectivity index (χ2v) is 3.61. The van der Waals surface area contributed by atoms with E-state index in [1.165, 1.54) is 32.1 Å². The predicted molar refractivity (Wildman–Crippen MR) is 55.3 cm³/mol. The molecule has 1 saturated carbocycles. The monoisotopic (exact) mass is 178 g/mol. The third kappa shape index (κ3) is 3.24. The van der Waals surface area contributed by atoms with E-state index >= 15 is 0 Å². The van der Waals surface area contributed by atoms with Crippen LogP contribution in [0.5, 0.6) is 0 Å². The van der Waals surface area contributed by atoms with Gasteiger partial charge in [-0.05, 0) is 18.8 Å². The highest BCUT2D eigenvalue weighted by atomic mass is 16.5. The van der Waals surface area contributed by atoms with Gasteiger partial charge in [0.2, 0.25) is 0 Å². The van der Waals surface area contributed by atoms with Crippen molar-refractivity contribution >= 4 is 0 Å². The van der Waals surface area contributed by atoms with Crippen LogP contribution in [0.1, 0.15) is 32.1 Å². The van der Waals surface area contributed by atoms with Crippen molar-refractivity contribution in [3.05, 3.63) is 12.7 Å². The van der Waals surface area contributed by atoms with Gasteiger partial charge in [-0.3, -0.25) is 0 Å². The first kappa shape index (κ1) is 10.3. The lowest BCUT2D eigenvalue weighted by Gasteiger charge is -2.26. The number of ether oxygens (including phenoxy) is 1. The molecule has 1 nitrogen and oxygen atoms in total. The van der Waals surface area contributed by atoms with Gasteiger partial charge in [-0.15, -0.1) is 13.0 Å². The Kier molecular flexibility index (Phi) is 4.64. The summed E-state index contributed by atoms with van der Waals surface area (Å²) in [4.78, 5) is 0. The molecule has 1 rings (SSSR count). The van der Waals surface area contributed by atoms with Gasteiger partial charge in [-0.1, -0.05) is 31.3 Å². The van der Waals surface area contributed by atoms with E-state index in [9.17, 15) is 0 Å². The number of hydrogen-bond acceptors (Lipinski definition) is 1. The van der Waals surface area contributed by atoms with Gasteiger partial charge in [0.05, 0.1) is 6.61 Å². The Labute approximate surface area is 81.2 Å². The second kappa shape index (κ2) is 5.83. The molecule has 1 aliphatic carbocycles. The van der Waals surface area contributed by atoms with E-state index in [1.807, 2.05) is 0 Å². The molecule has 0 bridgehead atoms. The molecule has 0 aromatic heterocycles. The highest BCUT2D eigenvalue weighted by Gasteiger charge is 2.21. The summed E-state index contributed by atoms with van der Waals surface area (Å²) < 4.78 is 5.53. The van der Waals surface area contributed by atoms with Crippen molar-refractivity contribution in [1.29, 1.82) is 0 Å². The largest absolute Gasteiger partial charge is 0.361 e. The Morgan fingerprint density at radius 2 is 2.15 bits per heavy atom. The molecule has 0 heterocycles. The van der Waals surface area contributed by atoms with Gasteiger partial charge in [-0.2, -0.15) is 0 Å². The average Bonchev–Trinajstić information content (AvgIpc) is 2.21. The first-order valence-electron chi connectivity index (χ1n) is 5.07. The van der Waals surface area contributed by atoms with E-state index in [0.29, 0.717) is 12.5 Å². The summed E-state index contributed by atoms with van der Waals surface area (Å²) in [7, 11) is 0. The fourth-order valence-corrected chi connectivity index (χ4v) is 1.93. The van der Waals surface area contributed by atoms with Crippen LogP contribution in [0.15, 0.2) is 12.7 Å². The summed E-state index contributed by atoms with van der Waals surface area (Å²) in [6.45, 7) is 4.19. The Morgan fingerprint density at radius 3 is 2.69 bits per heavy atom. The summed E-state index contributed by atoms with van der Waals surface area (Å²) in [5.41, 5.74) is 0. The van der Waals surface area contributed by atoms with Crippen LogP contribution >= 0.6 is 0 Å². The van der Waals surface area contributed by atoms with Crippen LogP contribution in [-0.2, 0) is 4.74 Å². The molecule has 0 unspecified atom stereocenters. The van der Waals surface area contributed by atoms with Crippen LogP contribution in [0, 0.1) is 18.3 Å². The molecule has 0 aliphatic heterocycles. The van der Waals surface area contributed by atoms with E-state index in [1.54, 1.807) is 6.08 Å². The number of hydrogen-bond donors (Lipinski definition) is 0. The summed E-state index contributed by atoms with van der Waals surface area (Å²) in [5.74, 6) is 3.32. The van der Waals surface area contributed by atoms with Crippen molar-refractivity contribution in [1.82, 2.24) is 0 Å². The van der Waals surface area contributed by atoms with E-state index < -0.39 is 0 Å². The van der Waals surface area contributed by atoms with Crippen molar-refractivity contribution in [2.24, 2.45) is 5.92 Å². The fraction of sp³-hybridized carbons (Fsp3) is 0.667. The molecule has 0 N–H and O–H groups in total. The smallest absolute Gasteiger partial charge is 0.121 e. The maximum Gasteiger partial charge on any atom is 0.121 e. The van der Waals surface area contributed by atoms with E-state index in [0.717, 1.165) is 0 Å². The third-order valence-corrected chi connectivity index (χ3v) is 2.64. The Hall–Kier alpha value is -0.740. The second-order valence-electron chi connectivity index (χ2n) is 3.61. The fourth-order valence-electron chi connectivity index (χ4n) is 1.93. The summed E-state index contributed by atoms with van der Waals surface area (Å²) in [6, 6.07) is 0. The molecule has 1 aliphatic rings. The van der Waals surface area contributed by atoms with Gasteiger partial charge >= 0.3 is 0 Å². The normalized spacial score (nSPS) is 20.5. The average molecular weight is 178 g/mol. The highest BCUT2D eigenvalue weighted by molar-refractivity contribution is 4.99. The van der Waals surface area contributed by atoms with Crippen LogP contribution in [0.2, 0.25) is 0 Å². The van der Waals surface area contributed by atoms with Crippen molar-refractivity contribution in [3.63, 3.8) is 0 Å². The maximum absolute atomic E-state index is 5.53. The van der Waals surface area contributed by atoms with Crippen LogP contribution in [0.3, 0.4) is 0 Å². The highest BCUT2D eigenvalue weighted by Crippen LogP contribution is 2.27. The quantitative estimate of drug-likeness (QED) is 0.475. The predicted octanol–water partition coefficient (Wildman–Crippen LogP) is 2.77. The Bertz CT molecular complexity index is 184. The van der Waals surface area contributed by atoms with E-state index in [4.69, 9.17) is 11.2 Å². The van der Waals surface area contributed by atoms with Gasteiger partial charge in [0.15, 0.2) is 0 Å². The molecule has 0 spiro atoms. The number of terminal acetylenes is 1. The molecule has 13 heavy (non-hydrogen) atoms. The topological polar surface area (TPSA) is 9.23 Å². The van der Waals surface area contributed by atoms with Crippen LogP contribution in [0.4, 0.5) is 0 Å². The summed E-state index contributed by atoms with van der Waals surface area (Å²) in [5, 5.41) is 0. The molecule has 0 aromatic rings. The summed E-state index contributed by atoms with van der Waals surface area (Å²) in [6.07, 6.45) is 13.6. The third-order valence-electron chi connectivity index (χ3n) is 2.64. The van der Waals surface area contributed by atoms with Crippen molar-refractivity contribution in [2.75, 3.05) is 6.61 Å². The lowest BCUT2D eigenvalue weighted by Crippen LogP contribution is -2.24. The van der Waals surface area contributed by atoms with Gasteiger partial charge in [0.1, 0.15) is 6.10 Å². The lowest BCUT2D eigenvalue weighted by molar-refractivity contribution is 0.0560. The van der Waals surface area contributed by atoms with E-state index in [-0.39, 0.29) is 6.10 Å². The number of rotatable bonds is 4. The van der Waals surface area contributed by atoms with Crippen LogP contribution in [0.25, 0.3) is 0 Å². The minimum absolute atomic E-state index is 0.0123. The van der Waals surface area contributed by atoms with Crippen molar-refractivity contribution in [2.45, 2.75) is 38.2 Å². The standard InChI is InChI=1S/C12H18O/c1-3-10-13-12(4-2)11-8-6-5-7-9-11/h2-3,11-12H,1,5-10H2/t12-/m1/s1. The molecule has 0 aromatic carbocycles. The van der Waals surface area contributed by atoms with Gasteiger partial charge in [-0.25, -0.2) is 0 Å². The van der Waals surface area contributed by atoms with Gasteiger partial charge in [0, 0.05) is 0 Å². The first-order chi connectivity index (χ1) is 6.38. The molecule has 0 saturated heterocycles. The molecule has 72 valence electrons. The lowest BCUT2D eigenvalue weighted by atomic mass is 9.85. The van der Waals surface area contributed by atoms with E-state index in [2.05, 4.69) is 12.5 Å². The van der Waals surface area contributed by atoms with Crippen LogP contribution < -0.4 is 0 Å². The Balaban J connectivity index is 2.35. The minimum Gasteiger partial charge on any atom is -0.361 e. The summed E-state index contributed by atoms with van der Waals surface area (Å²) >= 11 is 0. The zero-order valence-corrected chi connectivity index (χ0v) is 8.17. The molecule has 1 heteroatoms. The van der Waals surface area contributed by atoms with Crippen molar-refractivity contribution < 1.29 is 4.74 Å². The molecular formula is C12H18O. The maximum atomic E-state index is 5.53. The minimum atomic E-state index is 0.0123. The SMILES string of the molecule is C#C[C@@H](OCC=C)C1CCCCC1. The molecular weight excluding hydrogens is 160 g/mol. The zero-order valence-electron chi connectivity index (χ0n) is 8.17. The van der Waals surface area contributed by atoms with Crippen molar-refractivity contribution in [3.8, 4) is 12.3 Å². The first-order valence-corrected chi connectivity index (χ1v) is 5.07. The molecule has 1 atom stereocenters. The Morgan fingerprint density at radius 1 is 1.46 bits per heavy atom.